The Hall–Kier alpha value is -2.46. The molecule has 1 amide bonds. The average molecular weight is 530 g/mol. The van der Waals surface area contributed by atoms with Crippen molar-refractivity contribution in [3.63, 3.8) is 0 Å². The molecule has 2 aromatic rings. The molecule has 4 rings (SSSR count). The second-order valence-electron chi connectivity index (χ2n) is 9.74. The Bertz CT molecular complexity index is 1090. The number of piperidine rings is 1. The van der Waals surface area contributed by atoms with Crippen molar-refractivity contribution in [1.29, 1.82) is 0 Å². The van der Waals surface area contributed by atoms with Crippen LogP contribution in [0.2, 0.25) is 0 Å². The van der Waals surface area contributed by atoms with Crippen LogP contribution in [0.25, 0.3) is 0 Å². The first kappa shape index (κ1) is 27.6. The molecule has 1 unspecified atom stereocenters. The Morgan fingerprint density at radius 1 is 0.946 bits per heavy atom. The van der Waals surface area contributed by atoms with Gasteiger partial charge in [-0.25, -0.2) is 8.42 Å². The minimum atomic E-state index is -3.59. The summed E-state index contributed by atoms with van der Waals surface area (Å²) in [5.74, 6) is 0.634. The summed E-state index contributed by atoms with van der Waals surface area (Å²) in [7, 11) is -2.03. The molecule has 2 heterocycles. The van der Waals surface area contributed by atoms with Crippen molar-refractivity contribution in [3.8, 4) is 5.75 Å². The van der Waals surface area contributed by atoms with Crippen LogP contribution in [0, 0.1) is 0 Å². The van der Waals surface area contributed by atoms with E-state index in [9.17, 15) is 13.2 Å². The first-order valence-electron chi connectivity index (χ1n) is 13.2. The van der Waals surface area contributed by atoms with Crippen LogP contribution in [0.15, 0.2) is 59.5 Å². The zero-order chi connectivity index (χ0) is 26.1. The van der Waals surface area contributed by atoms with Crippen LogP contribution < -0.4 is 4.74 Å². The summed E-state index contributed by atoms with van der Waals surface area (Å²) in [4.78, 5) is 17.2. The van der Waals surface area contributed by atoms with Gasteiger partial charge in [-0.2, -0.15) is 4.31 Å². The van der Waals surface area contributed by atoms with E-state index in [1.165, 1.54) is 5.56 Å². The second kappa shape index (κ2) is 13.4. The first-order valence-corrected chi connectivity index (χ1v) is 14.7. The standard InChI is InChI=1S/C28H39N3O5S/c1-35-26-10-12-27(13-11-26)37(33,34)31-16-6-5-9-25(31)15-22-36-23-28(32)30-20-18-29(19-21-30)17-14-24-7-3-2-4-8-24/h2-4,7-8,10-13,25H,5-6,9,14-23H2,1H3. The maximum absolute atomic E-state index is 13.3. The van der Waals surface area contributed by atoms with Gasteiger partial charge in [0.15, 0.2) is 0 Å². The molecule has 37 heavy (non-hydrogen) atoms. The van der Waals surface area contributed by atoms with E-state index in [-0.39, 0.29) is 23.5 Å². The van der Waals surface area contributed by atoms with Crippen LogP contribution in [0.5, 0.6) is 5.75 Å². The molecule has 0 aromatic heterocycles. The predicted octanol–water partition coefficient (Wildman–Crippen LogP) is 3.03. The molecule has 8 nitrogen and oxygen atoms in total. The van der Waals surface area contributed by atoms with Crippen LogP contribution in [0.4, 0.5) is 0 Å². The van der Waals surface area contributed by atoms with Crippen LogP contribution >= 0.6 is 0 Å². The monoisotopic (exact) mass is 529 g/mol. The van der Waals surface area contributed by atoms with E-state index in [2.05, 4.69) is 29.2 Å². The summed E-state index contributed by atoms with van der Waals surface area (Å²) in [5.41, 5.74) is 1.34. The fourth-order valence-electron chi connectivity index (χ4n) is 5.08. The van der Waals surface area contributed by atoms with Gasteiger partial charge < -0.3 is 14.4 Å². The van der Waals surface area contributed by atoms with Crippen molar-refractivity contribution < 1.29 is 22.7 Å². The molecule has 2 aliphatic rings. The number of hydrogen-bond acceptors (Lipinski definition) is 6. The number of amides is 1. The van der Waals surface area contributed by atoms with Gasteiger partial charge in [0.1, 0.15) is 12.4 Å². The van der Waals surface area contributed by atoms with Crippen LogP contribution in [0.3, 0.4) is 0 Å². The third kappa shape index (κ3) is 7.54. The summed E-state index contributed by atoms with van der Waals surface area (Å²) < 4.78 is 39.1. The summed E-state index contributed by atoms with van der Waals surface area (Å²) >= 11 is 0. The number of piperazine rings is 1. The van der Waals surface area contributed by atoms with Gasteiger partial charge in [-0.15, -0.1) is 0 Å². The fraction of sp³-hybridized carbons (Fsp3) is 0.536. The minimum absolute atomic E-state index is 0.00839. The number of nitrogens with zero attached hydrogens (tertiary/aromatic N) is 3. The van der Waals surface area contributed by atoms with Crippen molar-refractivity contribution in [2.24, 2.45) is 0 Å². The lowest BCUT2D eigenvalue weighted by atomic mass is 10.0. The third-order valence-electron chi connectivity index (χ3n) is 7.34. The van der Waals surface area contributed by atoms with Gasteiger partial charge in [0.25, 0.3) is 0 Å². The molecule has 0 spiro atoms. The van der Waals surface area contributed by atoms with Gasteiger partial charge in [0.05, 0.1) is 12.0 Å². The number of hydrogen-bond donors (Lipinski definition) is 0. The van der Waals surface area contributed by atoms with Gasteiger partial charge in [-0.05, 0) is 55.5 Å². The lowest BCUT2D eigenvalue weighted by Gasteiger charge is -2.35. The van der Waals surface area contributed by atoms with Gasteiger partial charge in [0.2, 0.25) is 15.9 Å². The van der Waals surface area contributed by atoms with Gasteiger partial charge in [-0.1, -0.05) is 36.8 Å². The topological polar surface area (TPSA) is 79.4 Å². The molecule has 9 heteroatoms. The Kier molecular flexibility index (Phi) is 9.96. The van der Waals surface area contributed by atoms with E-state index in [4.69, 9.17) is 9.47 Å². The molecule has 0 radical (unpaired) electrons. The quantitative estimate of drug-likeness (QED) is 0.417. The highest BCUT2D eigenvalue weighted by molar-refractivity contribution is 7.89. The van der Waals surface area contributed by atoms with Crippen molar-refractivity contribution in [2.45, 2.75) is 43.0 Å². The van der Waals surface area contributed by atoms with E-state index >= 15 is 0 Å². The lowest BCUT2D eigenvalue weighted by Crippen LogP contribution is -2.50. The van der Waals surface area contributed by atoms with Crippen molar-refractivity contribution in [3.05, 3.63) is 60.2 Å². The highest BCUT2D eigenvalue weighted by Crippen LogP contribution is 2.28. The summed E-state index contributed by atoms with van der Waals surface area (Å²) in [6, 6.07) is 16.9. The number of carbonyl (C=O) groups is 1. The molecule has 2 aromatic carbocycles. The van der Waals surface area contributed by atoms with E-state index in [1.807, 2.05) is 11.0 Å². The normalized spacial score (nSPS) is 19.6. The average Bonchev–Trinajstić information content (AvgIpc) is 2.95. The zero-order valence-electron chi connectivity index (χ0n) is 21.8. The maximum atomic E-state index is 13.3. The summed E-state index contributed by atoms with van der Waals surface area (Å²) in [5, 5.41) is 0. The van der Waals surface area contributed by atoms with E-state index in [0.717, 1.165) is 45.3 Å². The van der Waals surface area contributed by atoms with Gasteiger partial charge in [0, 0.05) is 51.9 Å². The summed E-state index contributed by atoms with van der Waals surface area (Å²) in [6.07, 6.45) is 4.24. The van der Waals surface area contributed by atoms with E-state index in [0.29, 0.717) is 38.4 Å². The van der Waals surface area contributed by atoms with Crippen LogP contribution in [-0.2, 0) is 26.0 Å². The highest BCUT2D eigenvalue weighted by Gasteiger charge is 2.33. The molecule has 2 aliphatic heterocycles. The largest absolute Gasteiger partial charge is 0.497 e. The molecule has 202 valence electrons. The molecule has 0 aliphatic carbocycles. The number of carbonyl (C=O) groups excluding carboxylic acids is 1. The molecule has 1 atom stereocenters. The Labute approximate surface area is 221 Å². The zero-order valence-corrected chi connectivity index (χ0v) is 22.6. The smallest absolute Gasteiger partial charge is 0.248 e. The molecule has 0 bridgehead atoms. The first-order chi connectivity index (χ1) is 18.0. The third-order valence-corrected chi connectivity index (χ3v) is 9.31. The highest BCUT2D eigenvalue weighted by atomic mass is 32.2. The fourth-order valence-corrected chi connectivity index (χ4v) is 6.81. The number of rotatable bonds is 11. The molecule has 0 N–H and O–H groups in total. The Morgan fingerprint density at radius 2 is 1.68 bits per heavy atom. The van der Waals surface area contributed by atoms with Crippen molar-refractivity contribution in [2.75, 3.05) is 59.6 Å². The van der Waals surface area contributed by atoms with Crippen LogP contribution in [-0.4, -0.2) is 94.1 Å². The van der Waals surface area contributed by atoms with E-state index < -0.39 is 10.0 Å². The van der Waals surface area contributed by atoms with E-state index in [1.54, 1.807) is 35.7 Å². The maximum Gasteiger partial charge on any atom is 0.248 e. The molecular formula is C28H39N3O5S. The molecule has 2 fully saturated rings. The molecular weight excluding hydrogens is 490 g/mol. The molecule has 2 saturated heterocycles. The Balaban J connectivity index is 1.18. The van der Waals surface area contributed by atoms with Crippen molar-refractivity contribution >= 4 is 15.9 Å². The predicted molar refractivity (Wildman–Crippen MR) is 143 cm³/mol. The minimum Gasteiger partial charge on any atom is -0.497 e. The summed E-state index contributed by atoms with van der Waals surface area (Å²) in [6.45, 7) is 5.09. The number of ether oxygens (including phenoxy) is 2. The lowest BCUT2D eigenvalue weighted by molar-refractivity contribution is -0.138. The number of methoxy groups -OCH3 is 1. The number of sulfonamides is 1. The second-order valence-corrected chi connectivity index (χ2v) is 11.6. The SMILES string of the molecule is COc1ccc(S(=O)(=O)N2CCCCC2CCOCC(=O)N2CCN(CCc3ccccc3)CC2)cc1. The van der Waals surface area contributed by atoms with Gasteiger partial charge in [-0.3, -0.25) is 9.69 Å². The van der Waals surface area contributed by atoms with Crippen LogP contribution in [0.1, 0.15) is 31.2 Å². The number of benzene rings is 2. The Morgan fingerprint density at radius 3 is 2.38 bits per heavy atom. The van der Waals surface area contributed by atoms with Crippen molar-refractivity contribution in [1.82, 2.24) is 14.1 Å². The molecule has 0 saturated carbocycles. The van der Waals surface area contributed by atoms with Gasteiger partial charge >= 0.3 is 0 Å².